The summed E-state index contributed by atoms with van der Waals surface area (Å²) in [6.07, 6.45) is 2.55. The lowest BCUT2D eigenvalue weighted by Gasteiger charge is -2.21. The summed E-state index contributed by atoms with van der Waals surface area (Å²) < 4.78 is 13.2. The second-order valence-corrected chi connectivity index (χ2v) is 7.52. The van der Waals surface area contributed by atoms with E-state index in [0.29, 0.717) is 0 Å². The second kappa shape index (κ2) is 6.75. The first-order valence-electron chi connectivity index (χ1n) is 9.68. The lowest BCUT2D eigenvalue weighted by molar-refractivity contribution is 0.0908. The SMILES string of the molecule is O=C(c1cccc(-c2ccc(F)cc2)c1)C1CCc2c([nH]c3ccccc23)C1. The van der Waals surface area contributed by atoms with Crippen LogP contribution in [0.2, 0.25) is 0 Å². The molecule has 1 heterocycles. The van der Waals surface area contributed by atoms with Gasteiger partial charge in [0, 0.05) is 28.1 Å². The molecule has 1 N–H and O–H groups in total. The van der Waals surface area contributed by atoms with Crippen LogP contribution in [0, 0.1) is 11.7 Å². The smallest absolute Gasteiger partial charge is 0.166 e. The molecule has 0 radical (unpaired) electrons. The van der Waals surface area contributed by atoms with Gasteiger partial charge < -0.3 is 4.98 Å². The Hall–Kier alpha value is -3.20. The van der Waals surface area contributed by atoms with Gasteiger partial charge >= 0.3 is 0 Å². The minimum atomic E-state index is -0.257. The molecular formula is C25H20FNO. The first-order valence-corrected chi connectivity index (χ1v) is 9.68. The molecule has 5 rings (SSSR count). The van der Waals surface area contributed by atoms with Crippen molar-refractivity contribution in [2.24, 2.45) is 5.92 Å². The Morgan fingerprint density at radius 3 is 2.61 bits per heavy atom. The number of benzene rings is 3. The van der Waals surface area contributed by atoms with E-state index in [1.165, 1.54) is 28.8 Å². The molecule has 0 saturated carbocycles. The highest BCUT2D eigenvalue weighted by molar-refractivity contribution is 5.99. The molecule has 2 nitrogen and oxygen atoms in total. The van der Waals surface area contributed by atoms with Gasteiger partial charge in [0.2, 0.25) is 0 Å². The molecule has 4 aromatic rings. The molecular weight excluding hydrogens is 349 g/mol. The summed E-state index contributed by atoms with van der Waals surface area (Å²) in [7, 11) is 0. The van der Waals surface area contributed by atoms with Crippen molar-refractivity contribution >= 4 is 16.7 Å². The number of para-hydroxylation sites is 1. The minimum absolute atomic E-state index is 0.0102. The fourth-order valence-electron chi connectivity index (χ4n) is 4.34. The van der Waals surface area contributed by atoms with Crippen LogP contribution in [-0.2, 0) is 12.8 Å². The number of carbonyl (C=O) groups is 1. The van der Waals surface area contributed by atoms with Crippen molar-refractivity contribution in [3.8, 4) is 11.1 Å². The zero-order valence-electron chi connectivity index (χ0n) is 15.4. The van der Waals surface area contributed by atoms with E-state index in [4.69, 9.17) is 0 Å². The van der Waals surface area contributed by atoms with Crippen molar-refractivity contribution in [3.05, 3.63) is 95.4 Å². The summed E-state index contributed by atoms with van der Waals surface area (Å²) >= 11 is 0. The quantitative estimate of drug-likeness (QED) is 0.444. The lowest BCUT2D eigenvalue weighted by atomic mass is 9.82. The number of hydrogen-bond acceptors (Lipinski definition) is 1. The average molecular weight is 369 g/mol. The van der Waals surface area contributed by atoms with E-state index in [2.05, 4.69) is 23.2 Å². The molecule has 1 aromatic heterocycles. The standard InChI is InChI=1S/C25H20FNO/c26-20-11-8-16(9-12-20)17-4-3-5-18(14-17)25(28)19-10-13-22-21-6-1-2-7-23(21)27-24(22)15-19/h1-9,11-12,14,19,27H,10,13,15H2. The van der Waals surface area contributed by atoms with E-state index in [0.717, 1.165) is 41.5 Å². The summed E-state index contributed by atoms with van der Waals surface area (Å²) in [5, 5.41) is 1.28. The van der Waals surface area contributed by atoms with Crippen molar-refractivity contribution in [1.82, 2.24) is 4.98 Å². The topological polar surface area (TPSA) is 32.9 Å². The predicted molar refractivity (Wildman–Crippen MR) is 110 cm³/mol. The zero-order valence-corrected chi connectivity index (χ0v) is 15.4. The van der Waals surface area contributed by atoms with E-state index in [1.54, 1.807) is 12.1 Å². The summed E-state index contributed by atoms with van der Waals surface area (Å²) in [4.78, 5) is 16.7. The summed E-state index contributed by atoms with van der Waals surface area (Å²) in [5.41, 5.74) is 6.29. The number of aromatic amines is 1. The van der Waals surface area contributed by atoms with Crippen molar-refractivity contribution in [3.63, 3.8) is 0 Å². The molecule has 138 valence electrons. The number of Topliss-reactive ketones (excluding diaryl/α,β-unsaturated/α-hetero) is 1. The van der Waals surface area contributed by atoms with Gasteiger partial charge in [0.05, 0.1) is 0 Å². The lowest BCUT2D eigenvalue weighted by Crippen LogP contribution is -2.22. The molecule has 0 saturated heterocycles. The number of rotatable bonds is 3. The van der Waals surface area contributed by atoms with Crippen LogP contribution in [0.3, 0.4) is 0 Å². The third kappa shape index (κ3) is 2.93. The minimum Gasteiger partial charge on any atom is -0.358 e. The van der Waals surface area contributed by atoms with Gasteiger partial charge in [0.15, 0.2) is 5.78 Å². The van der Waals surface area contributed by atoms with Crippen LogP contribution in [-0.4, -0.2) is 10.8 Å². The largest absolute Gasteiger partial charge is 0.358 e. The van der Waals surface area contributed by atoms with E-state index in [1.807, 2.05) is 30.3 Å². The van der Waals surface area contributed by atoms with Crippen LogP contribution in [0.5, 0.6) is 0 Å². The Labute approximate surface area is 163 Å². The number of ketones is 1. The number of aromatic nitrogens is 1. The van der Waals surface area contributed by atoms with Crippen LogP contribution in [0.15, 0.2) is 72.8 Å². The van der Waals surface area contributed by atoms with Gasteiger partial charge in [-0.15, -0.1) is 0 Å². The van der Waals surface area contributed by atoms with Crippen LogP contribution in [0.1, 0.15) is 28.0 Å². The molecule has 0 spiro atoms. The molecule has 3 aromatic carbocycles. The van der Waals surface area contributed by atoms with Gasteiger partial charge in [-0.3, -0.25) is 4.79 Å². The van der Waals surface area contributed by atoms with E-state index >= 15 is 0 Å². The number of fused-ring (bicyclic) bond motifs is 3. The predicted octanol–water partition coefficient (Wildman–Crippen LogP) is 5.96. The maximum atomic E-state index is 13.2. The second-order valence-electron chi connectivity index (χ2n) is 7.52. The molecule has 0 aliphatic heterocycles. The first-order chi connectivity index (χ1) is 13.7. The Morgan fingerprint density at radius 2 is 1.75 bits per heavy atom. The number of hydrogen-bond donors (Lipinski definition) is 1. The van der Waals surface area contributed by atoms with Crippen molar-refractivity contribution < 1.29 is 9.18 Å². The third-order valence-corrected chi connectivity index (χ3v) is 5.79. The van der Waals surface area contributed by atoms with E-state index in [9.17, 15) is 9.18 Å². The van der Waals surface area contributed by atoms with Gasteiger partial charge in [0.25, 0.3) is 0 Å². The van der Waals surface area contributed by atoms with Gasteiger partial charge in [-0.1, -0.05) is 48.5 Å². The summed E-state index contributed by atoms with van der Waals surface area (Å²) in [5.74, 6) is -0.0791. The van der Waals surface area contributed by atoms with E-state index in [-0.39, 0.29) is 17.5 Å². The number of aryl methyl sites for hydroxylation is 1. The molecule has 1 aliphatic carbocycles. The zero-order chi connectivity index (χ0) is 19.1. The highest BCUT2D eigenvalue weighted by Gasteiger charge is 2.28. The number of nitrogens with one attached hydrogen (secondary N) is 1. The van der Waals surface area contributed by atoms with Gasteiger partial charge in [0.1, 0.15) is 5.82 Å². The van der Waals surface area contributed by atoms with Crippen LogP contribution < -0.4 is 0 Å². The normalized spacial score (nSPS) is 16.1. The molecule has 0 amide bonds. The fourth-order valence-corrected chi connectivity index (χ4v) is 4.34. The van der Waals surface area contributed by atoms with E-state index < -0.39 is 0 Å². The highest BCUT2D eigenvalue weighted by Crippen LogP contribution is 2.33. The van der Waals surface area contributed by atoms with Gasteiger partial charge in [-0.05, 0) is 60.2 Å². The monoisotopic (exact) mass is 369 g/mol. The number of H-pyrrole nitrogens is 1. The maximum Gasteiger partial charge on any atom is 0.166 e. The summed E-state index contributed by atoms with van der Waals surface area (Å²) in [6.45, 7) is 0. The van der Waals surface area contributed by atoms with Gasteiger partial charge in [-0.2, -0.15) is 0 Å². The van der Waals surface area contributed by atoms with Crippen molar-refractivity contribution in [2.45, 2.75) is 19.3 Å². The fraction of sp³-hybridized carbons (Fsp3) is 0.160. The van der Waals surface area contributed by atoms with Gasteiger partial charge in [-0.25, -0.2) is 4.39 Å². The van der Waals surface area contributed by atoms with Crippen LogP contribution >= 0.6 is 0 Å². The first kappa shape index (κ1) is 16.9. The Balaban J connectivity index is 1.42. The molecule has 0 fully saturated rings. The molecule has 1 atom stereocenters. The molecule has 1 unspecified atom stereocenters. The molecule has 3 heteroatoms. The Morgan fingerprint density at radius 1 is 0.929 bits per heavy atom. The van der Waals surface area contributed by atoms with Crippen molar-refractivity contribution in [2.75, 3.05) is 0 Å². The summed E-state index contributed by atoms with van der Waals surface area (Å²) in [6, 6.07) is 22.4. The average Bonchev–Trinajstić information content (AvgIpc) is 3.11. The van der Waals surface area contributed by atoms with Crippen LogP contribution in [0.25, 0.3) is 22.0 Å². The molecule has 28 heavy (non-hydrogen) atoms. The number of carbonyl (C=O) groups excluding carboxylic acids is 1. The third-order valence-electron chi connectivity index (χ3n) is 5.79. The maximum absolute atomic E-state index is 13.2. The molecule has 0 bridgehead atoms. The highest BCUT2D eigenvalue weighted by atomic mass is 19.1. The molecule has 1 aliphatic rings. The Kier molecular flexibility index (Phi) is 4.09. The number of halogens is 1. The van der Waals surface area contributed by atoms with Crippen molar-refractivity contribution in [1.29, 1.82) is 0 Å². The Bertz CT molecular complexity index is 1170. The van der Waals surface area contributed by atoms with Crippen LogP contribution in [0.4, 0.5) is 4.39 Å².